The summed E-state index contributed by atoms with van der Waals surface area (Å²) in [5.74, 6) is 1.37. The summed E-state index contributed by atoms with van der Waals surface area (Å²) < 4.78 is 11.8. The van der Waals surface area contributed by atoms with Crippen molar-refractivity contribution in [2.45, 2.75) is 84.8 Å². The predicted molar refractivity (Wildman–Crippen MR) is 102 cm³/mol. The van der Waals surface area contributed by atoms with Crippen LogP contribution in [0, 0.1) is 11.8 Å². The fraction of sp³-hybridized carbons (Fsp3) is 0.900. The molecule has 4 nitrogen and oxygen atoms in total. The highest BCUT2D eigenvalue weighted by Crippen LogP contribution is 2.31. The number of hydrogen-bond acceptors (Lipinski definition) is 4. The summed E-state index contributed by atoms with van der Waals surface area (Å²) in [6.45, 7) is 11.2. The zero-order valence-electron chi connectivity index (χ0n) is 16.4. The first-order valence-electron chi connectivity index (χ1n) is 9.99. The third-order valence-electron chi connectivity index (χ3n) is 5.18. The van der Waals surface area contributed by atoms with Crippen molar-refractivity contribution in [3.63, 3.8) is 0 Å². The van der Waals surface area contributed by atoms with E-state index in [1.54, 1.807) is 0 Å². The minimum absolute atomic E-state index is 0.282. The van der Waals surface area contributed by atoms with Crippen LogP contribution in [0.15, 0.2) is 11.9 Å². The normalized spacial score (nSPS) is 28.1. The maximum atomic E-state index is 6.18. The molecule has 4 unspecified atom stereocenters. The van der Waals surface area contributed by atoms with Crippen LogP contribution in [0.5, 0.6) is 0 Å². The van der Waals surface area contributed by atoms with Crippen LogP contribution in [-0.2, 0) is 9.47 Å². The number of nitrogens with two attached hydrogens (primary N) is 1. The first-order chi connectivity index (χ1) is 11.6. The van der Waals surface area contributed by atoms with Crippen LogP contribution in [0.2, 0.25) is 0 Å². The van der Waals surface area contributed by atoms with Crippen molar-refractivity contribution in [2.75, 3.05) is 19.8 Å². The van der Waals surface area contributed by atoms with E-state index in [1.807, 2.05) is 6.20 Å². The summed E-state index contributed by atoms with van der Waals surface area (Å²) in [4.78, 5) is 0. The van der Waals surface area contributed by atoms with Crippen molar-refractivity contribution >= 4 is 0 Å². The van der Waals surface area contributed by atoms with Crippen LogP contribution < -0.4 is 11.1 Å². The van der Waals surface area contributed by atoms with Crippen LogP contribution in [0.1, 0.15) is 72.6 Å². The van der Waals surface area contributed by atoms with Crippen molar-refractivity contribution in [2.24, 2.45) is 17.6 Å². The largest absolute Gasteiger partial charge is 0.399 e. The molecule has 0 aliphatic carbocycles. The molecule has 1 rings (SSSR count). The molecule has 0 amide bonds. The smallest absolute Gasteiger partial charge is 0.0875 e. The Morgan fingerprint density at radius 2 is 1.96 bits per heavy atom. The summed E-state index contributed by atoms with van der Waals surface area (Å²) in [6.07, 6.45) is 11.1. The van der Waals surface area contributed by atoms with Gasteiger partial charge in [-0.1, -0.05) is 53.4 Å². The lowest BCUT2D eigenvalue weighted by molar-refractivity contribution is -0.0990. The standard InChI is InChI=1S/C20H40N2O2/c1-5-7-8-9-10-11-23-15-18(21)13-22-14-19-12-16(3)17(4)20(6-2)24-19/h13,16-17,19-20,22H,5-12,14-15,21H2,1-4H3/b18-13-. The Morgan fingerprint density at radius 1 is 1.21 bits per heavy atom. The zero-order chi connectivity index (χ0) is 17.8. The van der Waals surface area contributed by atoms with Crippen LogP contribution in [-0.4, -0.2) is 32.0 Å². The van der Waals surface area contributed by atoms with Crippen LogP contribution in [0.25, 0.3) is 0 Å². The summed E-state index contributed by atoms with van der Waals surface area (Å²) in [7, 11) is 0. The Bertz CT molecular complexity index is 347. The van der Waals surface area contributed by atoms with Gasteiger partial charge in [-0.2, -0.15) is 0 Å². The van der Waals surface area contributed by atoms with Gasteiger partial charge in [0.05, 0.1) is 24.5 Å². The first kappa shape index (κ1) is 21.3. The topological polar surface area (TPSA) is 56.5 Å². The van der Waals surface area contributed by atoms with Crippen molar-refractivity contribution in [1.82, 2.24) is 5.32 Å². The molecule has 0 bridgehead atoms. The molecule has 0 saturated carbocycles. The van der Waals surface area contributed by atoms with Gasteiger partial charge in [0.1, 0.15) is 0 Å². The molecular formula is C20H40N2O2. The van der Waals surface area contributed by atoms with E-state index in [0.717, 1.165) is 38.1 Å². The van der Waals surface area contributed by atoms with E-state index < -0.39 is 0 Å². The molecule has 1 fully saturated rings. The average Bonchev–Trinajstić information content (AvgIpc) is 2.57. The summed E-state index contributed by atoms with van der Waals surface area (Å²) in [5, 5.41) is 3.31. The minimum Gasteiger partial charge on any atom is -0.399 e. The Balaban J connectivity index is 2.12. The fourth-order valence-electron chi connectivity index (χ4n) is 3.38. The molecule has 24 heavy (non-hydrogen) atoms. The first-order valence-corrected chi connectivity index (χ1v) is 9.99. The van der Waals surface area contributed by atoms with E-state index in [2.05, 4.69) is 33.0 Å². The lowest BCUT2D eigenvalue weighted by Crippen LogP contribution is -2.42. The van der Waals surface area contributed by atoms with E-state index in [9.17, 15) is 0 Å². The lowest BCUT2D eigenvalue weighted by atomic mass is 9.82. The molecule has 1 saturated heterocycles. The molecule has 4 atom stereocenters. The van der Waals surface area contributed by atoms with Crippen LogP contribution in [0.4, 0.5) is 0 Å². The second kappa shape index (κ2) is 12.6. The number of hydrogen-bond donors (Lipinski definition) is 2. The van der Waals surface area contributed by atoms with Crippen LogP contribution in [0.3, 0.4) is 0 Å². The Morgan fingerprint density at radius 3 is 2.67 bits per heavy atom. The third kappa shape index (κ3) is 8.39. The summed E-state index contributed by atoms with van der Waals surface area (Å²) in [6, 6.07) is 0. The van der Waals surface area contributed by atoms with E-state index in [0.29, 0.717) is 24.5 Å². The van der Waals surface area contributed by atoms with Gasteiger partial charge in [0, 0.05) is 19.4 Å². The molecule has 142 valence electrons. The highest BCUT2D eigenvalue weighted by atomic mass is 16.5. The Kier molecular flexibility index (Phi) is 11.2. The van der Waals surface area contributed by atoms with E-state index in [1.165, 1.54) is 25.7 Å². The van der Waals surface area contributed by atoms with Crippen molar-refractivity contribution < 1.29 is 9.47 Å². The lowest BCUT2D eigenvalue weighted by Gasteiger charge is -2.39. The summed E-state index contributed by atoms with van der Waals surface area (Å²) in [5.41, 5.74) is 6.74. The maximum absolute atomic E-state index is 6.18. The number of rotatable bonds is 12. The Hall–Kier alpha value is -0.740. The molecule has 3 N–H and O–H groups in total. The van der Waals surface area contributed by atoms with Gasteiger partial charge in [-0.25, -0.2) is 0 Å². The van der Waals surface area contributed by atoms with E-state index in [-0.39, 0.29) is 6.10 Å². The second-order valence-corrected chi connectivity index (χ2v) is 7.37. The van der Waals surface area contributed by atoms with E-state index in [4.69, 9.17) is 15.2 Å². The molecule has 1 heterocycles. The van der Waals surface area contributed by atoms with Gasteiger partial charge in [0.2, 0.25) is 0 Å². The molecule has 1 aliphatic heterocycles. The third-order valence-corrected chi connectivity index (χ3v) is 5.18. The quantitative estimate of drug-likeness (QED) is 0.523. The molecule has 4 heteroatoms. The van der Waals surface area contributed by atoms with E-state index >= 15 is 0 Å². The SMILES string of the molecule is CCCCCCCOC/C(N)=C/NCC1CC(C)C(C)C(CC)O1. The molecule has 0 spiro atoms. The van der Waals surface area contributed by atoms with Crippen molar-refractivity contribution in [3.05, 3.63) is 11.9 Å². The predicted octanol–water partition coefficient (Wildman–Crippen LogP) is 4.20. The highest BCUT2D eigenvalue weighted by Gasteiger charge is 2.31. The van der Waals surface area contributed by atoms with Crippen LogP contribution >= 0.6 is 0 Å². The zero-order valence-corrected chi connectivity index (χ0v) is 16.4. The number of ether oxygens (including phenoxy) is 2. The van der Waals surface area contributed by atoms with Crippen molar-refractivity contribution in [1.29, 1.82) is 0 Å². The molecule has 1 aliphatic rings. The van der Waals surface area contributed by atoms with Gasteiger partial charge in [-0.15, -0.1) is 0 Å². The molecular weight excluding hydrogens is 300 g/mol. The highest BCUT2D eigenvalue weighted by molar-refractivity contribution is 4.95. The van der Waals surface area contributed by atoms with Gasteiger partial charge >= 0.3 is 0 Å². The summed E-state index contributed by atoms with van der Waals surface area (Å²) >= 11 is 0. The minimum atomic E-state index is 0.282. The van der Waals surface area contributed by atoms with Gasteiger partial charge in [-0.3, -0.25) is 0 Å². The van der Waals surface area contributed by atoms with Crippen molar-refractivity contribution in [3.8, 4) is 0 Å². The molecule has 0 aromatic carbocycles. The average molecular weight is 341 g/mol. The monoisotopic (exact) mass is 340 g/mol. The molecule has 0 aromatic rings. The number of unbranched alkanes of at least 4 members (excludes halogenated alkanes) is 4. The second-order valence-electron chi connectivity index (χ2n) is 7.37. The van der Waals surface area contributed by atoms with Gasteiger partial charge < -0.3 is 20.5 Å². The molecule has 0 radical (unpaired) electrons. The maximum Gasteiger partial charge on any atom is 0.0875 e. The molecule has 0 aromatic heterocycles. The Labute approximate surface area is 149 Å². The van der Waals surface area contributed by atoms with Gasteiger partial charge in [0.15, 0.2) is 0 Å². The van der Waals surface area contributed by atoms with Gasteiger partial charge in [0.25, 0.3) is 0 Å². The fourth-order valence-corrected chi connectivity index (χ4v) is 3.38. The number of nitrogens with one attached hydrogen (secondary N) is 1. The van der Waals surface area contributed by atoms with Gasteiger partial charge in [-0.05, 0) is 31.1 Å².